The number of carbonyl (C=O) groups is 2. The minimum absolute atomic E-state index is 0.217. The van der Waals surface area contributed by atoms with Crippen molar-refractivity contribution in [3.63, 3.8) is 0 Å². The van der Waals surface area contributed by atoms with Crippen LogP contribution in [-0.2, 0) is 9.53 Å². The molecule has 0 spiro atoms. The van der Waals surface area contributed by atoms with E-state index in [2.05, 4.69) is 6.07 Å². The standard InChI is InChI=1S/C19H21N3O3/c1-14(25-18(24)16-8-6-7-15(11-16)12-20)17(23)22(2)19(13-21)9-4-3-5-10-19/h6-8,11,14H,3-5,9-10H2,1-2H3/t14-/m1/s1. The van der Waals surface area contributed by atoms with E-state index in [9.17, 15) is 14.9 Å². The van der Waals surface area contributed by atoms with Crippen LogP contribution in [0.1, 0.15) is 54.9 Å². The van der Waals surface area contributed by atoms with Crippen molar-refractivity contribution in [3.05, 3.63) is 35.4 Å². The topological polar surface area (TPSA) is 94.2 Å². The summed E-state index contributed by atoms with van der Waals surface area (Å²) in [5.41, 5.74) is -0.262. The van der Waals surface area contributed by atoms with Gasteiger partial charge in [0, 0.05) is 7.05 Å². The highest BCUT2D eigenvalue weighted by atomic mass is 16.5. The van der Waals surface area contributed by atoms with Gasteiger partial charge in [0.15, 0.2) is 6.10 Å². The van der Waals surface area contributed by atoms with E-state index in [0.29, 0.717) is 18.4 Å². The third-order valence-corrected chi connectivity index (χ3v) is 4.72. The molecular weight excluding hydrogens is 318 g/mol. The molecule has 1 aromatic rings. The molecule has 0 unspecified atom stereocenters. The van der Waals surface area contributed by atoms with E-state index < -0.39 is 23.5 Å². The third-order valence-electron chi connectivity index (χ3n) is 4.72. The molecule has 0 saturated heterocycles. The van der Waals surface area contributed by atoms with Gasteiger partial charge in [-0.05, 0) is 38.0 Å². The Morgan fingerprint density at radius 3 is 2.52 bits per heavy atom. The second kappa shape index (κ2) is 7.81. The van der Waals surface area contributed by atoms with Gasteiger partial charge >= 0.3 is 5.97 Å². The van der Waals surface area contributed by atoms with Crippen LogP contribution in [0.3, 0.4) is 0 Å². The minimum Gasteiger partial charge on any atom is -0.449 e. The van der Waals surface area contributed by atoms with Crippen molar-refractivity contribution in [1.29, 1.82) is 10.5 Å². The van der Waals surface area contributed by atoms with Crippen LogP contribution in [0.25, 0.3) is 0 Å². The molecule has 2 rings (SSSR count). The zero-order valence-corrected chi connectivity index (χ0v) is 14.5. The summed E-state index contributed by atoms with van der Waals surface area (Å²) in [5.74, 6) is -1.06. The number of hydrogen-bond acceptors (Lipinski definition) is 5. The SMILES string of the molecule is C[C@@H](OC(=O)c1cccc(C#N)c1)C(=O)N(C)C1(C#N)CCCCC1. The quantitative estimate of drug-likeness (QED) is 0.786. The number of esters is 1. The summed E-state index contributed by atoms with van der Waals surface area (Å²) in [6.45, 7) is 1.50. The second-order valence-electron chi connectivity index (χ2n) is 6.34. The molecule has 1 amide bonds. The molecule has 0 aromatic heterocycles. The third kappa shape index (κ3) is 3.97. The molecule has 1 saturated carbocycles. The summed E-state index contributed by atoms with van der Waals surface area (Å²) in [6.07, 6.45) is 3.13. The fraction of sp³-hybridized carbons (Fsp3) is 0.474. The lowest BCUT2D eigenvalue weighted by atomic mass is 9.81. The average molecular weight is 339 g/mol. The largest absolute Gasteiger partial charge is 0.449 e. The number of carbonyl (C=O) groups excluding carboxylic acids is 2. The van der Waals surface area contributed by atoms with Crippen molar-refractivity contribution >= 4 is 11.9 Å². The summed E-state index contributed by atoms with van der Waals surface area (Å²) in [4.78, 5) is 26.3. The molecule has 6 heteroatoms. The van der Waals surface area contributed by atoms with Gasteiger partial charge in [-0.1, -0.05) is 25.3 Å². The fourth-order valence-corrected chi connectivity index (χ4v) is 3.14. The number of nitrogens with zero attached hydrogens (tertiary/aromatic N) is 3. The lowest BCUT2D eigenvalue weighted by molar-refractivity contribution is -0.143. The number of ether oxygens (including phenoxy) is 1. The Morgan fingerprint density at radius 2 is 1.92 bits per heavy atom. The van der Waals surface area contributed by atoms with Gasteiger partial charge in [-0.3, -0.25) is 4.79 Å². The Labute approximate surface area is 147 Å². The molecule has 0 radical (unpaired) electrons. The Kier molecular flexibility index (Phi) is 5.77. The first-order chi connectivity index (χ1) is 11.9. The maximum Gasteiger partial charge on any atom is 0.338 e. The van der Waals surface area contributed by atoms with E-state index in [1.54, 1.807) is 19.2 Å². The maximum absolute atomic E-state index is 12.6. The Balaban J connectivity index is 2.07. The van der Waals surface area contributed by atoms with E-state index >= 15 is 0 Å². The first kappa shape index (κ1) is 18.5. The van der Waals surface area contributed by atoms with Gasteiger partial charge in [-0.15, -0.1) is 0 Å². The average Bonchev–Trinajstić information content (AvgIpc) is 2.67. The fourth-order valence-electron chi connectivity index (χ4n) is 3.14. The normalized spacial score (nSPS) is 16.8. The number of hydrogen-bond donors (Lipinski definition) is 0. The summed E-state index contributed by atoms with van der Waals surface area (Å²) in [5, 5.41) is 18.5. The van der Waals surface area contributed by atoms with Crippen molar-refractivity contribution in [1.82, 2.24) is 4.90 Å². The van der Waals surface area contributed by atoms with Crippen LogP contribution in [0.15, 0.2) is 24.3 Å². The van der Waals surface area contributed by atoms with Crippen LogP contribution in [0.2, 0.25) is 0 Å². The number of benzene rings is 1. The number of nitriles is 2. The van der Waals surface area contributed by atoms with Crippen LogP contribution in [0.5, 0.6) is 0 Å². The van der Waals surface area contributed by atoms with Crippen LogP contribution >= 0.6 is 0 Å². The molecule has 0 aliphatic heterocycles. The zero-order valence-electron chi connectivity index (χ0n) is 14.5. The molecule has 0 N–H and O–H groups in total. The Hall–Kier alpha value is -2.86. The monoisotopic (exact) mass is 339 g/mol. The van der Waals surface area contributed by atoms with Crippen molar-refractivity contribution in [2.45, 2.75) is 50.7 Å². The highest BCUT2D eigenvalue weighted by Gasteiger charge is 2.40. The molecular formula is C19H21N3O3. The number of rotatable bonds is 4. The van der Waals surface area contributed by atoms with Gasteiger partial charge < -0.3 is 9.64 Å². The van der Waals surface area contributed by atoms with Crippen molar-refractivity contribution in [2.24, 2.45) is 0 Å². The Bertz CT molecular complexity index is 739. The van der Waals surface area contributed by atoms with Gasteiger partial charge in [0.1, 0.15) is 5.54 Å². The summed E-state index contributed by atoms with van der Waals surface area (Å²) in [7, 11) is 1.59. The summed E-state index contributed by atoms with van der Waals surface area (Å²) >= 11 is 0. The molecule has 1 atom stereocenters. The van der Waals surface area contributed by atoms with Crippen molar-refractivity contribution in [3.8, 4) is 12.1 Å². The van der Waals surface area contributed by atoms with Crippen LogP contribution < -0.4 is 0 Å². The highest BCUT2D eigenvalue weighted by molar-refractivity contribution is 5.92. The van der Waals surface area contributed by atoms with Crippen LogP contribution in [0, 0.1) is 22.7 Å². The predicted molar refractivity (Wildman–Crippen MR) is 90.2 cm³/mol. The van der Waals surface area contributed by atoms with Gasteiger partial charge in [-0.25, -0.2) is 4.79 Å². The molecule has 0 heterocycles. The van der Waals surface area contributed by atoms with Crippen LogP contribution in [0.4, 0.5) is 0 Å². The van der Waals surface area contributed by atoms with E-state index in [-0.39, 0.29) is 5.56 Å². The number of amides is 1. The summed E-state index contributed by atoms with van der Waals surface area (Å²) in [6, 6.07) is 10.3. The van der Waals surface area contributed by atoms with E-state index in [4.69, 9.17) is 10.00 Å². The molecule has 1 aliphatic rings. The highest BCUT2D eigenvalue weighted by Crippen LogP contribution is 2.32. The minimum atomic E-state index is -1.00. The predicted octanol–water partition coefficient (Wildman–Crippen LogP) is 2.79. The Morgan fingerprint density at radius 1 is 1.24 bits per heavy atom. The van der Waals surface area contributed by atoms with Gasteiger partial charge in [0.2, 0.25) is 0 Å². The first-order valence-corrected chi connectivity index (χ1v) is 8.33. The zero-order chi connectivity index (χ0) is 18.4. The van der Waals surface area contributed by atoms with Gasteiger partial charge in [0.05, 0.1) is 23.3 Å². The molecule has 0 bridgehead atoms. The molecule has 130 valence electrons. The second-order valence-corrected chi connectivity index (χ2v) is 6.34. The lowest BCUT2D eigenvalue weighted by Gasteiger charge is -2.39. The molecule has 1 aliphatic carbocycles. The molecule has 6 nitrogen and oxygen atoms in total. The van der Waals surface area contributed by atoms with Crippen LogP contribution in [-0.4, -0.2) is 35.5 Å². The lowest BCUT2D eigenvalue weighted by Crippen LogP contribution is -2.53. The van der Waals surface area contributed by atoms with E-state index in [0.717, 1.165) is 19.3 Å². The first-order valence-electron chi connectivity index (χ1n) is 8.33. The number of likely N-dealkylation sites (N-methyl/N-ethyl adjacent to an activating group) is 1. The smallest absolute Gasteiger partial charge is 0.338 e. The molecule has 1 aromatic carbocycles. The molecule has 1 fully saturated rings. The molecule has 25 heavy (non-hydrogen) atoms. The van der Waals surface area contributed by atoms with Crippen molar-refractivity contribution in [2.75, 3.05) is 7.05 Å². The van der Waals surface area contributed by atoms with E-state index in [1.807, 2.05) is 6.07 Å². The van der Waals surface area contributed by atoms with E-state index in [1.165, 1.54) is 24.0 Å². The van der Waals surface area contributed by atoms with Gasteiger partial charge in [-0.2, -0.15) is 10.5 Å². The van der Waals surface area contributed by atoms with Crippen molar-refractivity contribution < 1.29 is 14.3 Å². The summed E-state index contributed by atoms with van der Waals surface area (Å²) < 4.78 is 5.25. The maximum atomic E-state index is 12.6. The van der Waals surface area contributed by atoms with Gasteiger partial charge in [0.25, 0.3) is 5.91 Å².